The van der Waals surface area contributed by atoms with Gasteiger partial charge in [0.1, 0.15) is 22.5 Å². The first-order chi connectivity index (χ1) is 16.6. The lowest BCUT2D eigenvalue weighted by atomic mass is 10.1. The van der Waals surface area contributed by atoms with Gasteiger partial charge in [0.25, 0.3) is 5.03 Å². The number of hydrogen-bond acceptors (Lipinski definition) is 6. The molecule has 0 aliphatic heterocycles. The van der Waals surface area contributed by atoms with Crippen molar-refractivity contribution in [2.24, 2.45) is 0 Å². The Hall–Kier alpha value is -2.71. The van der Waals surface area contributed by atoms with E-state index in [1.807, 2.05) is 0 Å². The molecule has 4 aromatic rings. The Labute approximate surface area is 213 Å². The average Bonchev–Trinajstić information content (AvgIpc) is 2.79. The summed E-state index contributed by atoms with van der Waals surface area (Å²) in [6.45, 7) is 1.12. The predicted molar refractivity (Wildman–Crippen MR) is 126 cm³/mol. The van der Waals surface area contributed by atoms with Gasteiger partial charge in [-0.2, -0.15) is 4.98 Å². The molecule has 2 aromatic carbocycles. The molecule has 4 rings (SSSR count). The summed E-state index contributed by atoms with van der Waals surface area (Å²) < 4.78 is 84.6. The third-order valence-corrected chi connectivity index (χ3v) is 7.80. The highest BCUT2D eigenvalue weighted by Crippen LogP contribution is 3.02. The van der Waals surface area contributed by atoms with Crippen LogP contribution in [0.3, 0.4) is 0 Å². The number of benzene rings is 2. The Kier molecular flexibility index (Phi) is 6.16. The fourth-order valence-electron chi connectivity index (χ4n) is 3.17. The van der Waals surface area contributed by atoms with Crippen molar-refractivity contribution < 1.29 is 33.5 Å². The number of carbonyl (C=O) groups excluding carboxylic acids is 1. The highest BCUT2D eigenvalue weighted by atomic mass is 35.5. The van der Waals surface area contributed by atoms with E-state index in [1.54, 1.807) is 0 Å². The Morgan fingerprint density at radius 3 is 2.11 bits per heavy atom. The first-order valence-electron chi connectivity index (χ1n) is 9.58. The Balaban J connectivity index is 1.97. The van der Waals surface area contributed by atoms with Crippen LogP contribution in [0, 0.1) is 0 Å². The molecule has 190 valence electrons. The average molecular weight is 584 g/mol. The number of hydrogen-bond donors (Lipinski definition) is 0. The maximum atomic E-state index is 13.3. The number of rotatable bonds is 6. The molecule has 2 heterocycles. The van der Waals surface area contributed by atoms with Crippen molar-refractivity contribution in [3.63, 3.8) is 0 Å². The van der Waals surface area contributed by atoms with Crippen LogP contribution >= 0.6 is 33.4 Å². The number of nitrogens with zero attached hydrogens (tertiary/aromatic N) is 3. The Morgan fingerprint density at radius 1 is 0.972 bits per heavy atom. The van der Waals surface area contributed by atoms with Crippen LogP contribution in [-0.4, -0.2) is 25.3 Å². The molecule has 0 amide bonds. The Bertz CT molecular complexity index is 1510. The van der Waals surface area contributed by atoms with Crippen LogP contribution in [0.25, 0.3) is 10.9 Å². The maximum Gasteiger partial charge on any atom is 0.310 e. The molecule has 1 atom stereocenters. The molecule has 0 radical (unpaired) electrons. The van der Waals surface area contributed by atoms with Gasteiger partial charge >= 0.3 is 10.2 Å². The van der Waals surface area contributed by atoms with Crippen LogP contribution in [0.15, 0.2) is 69.9 Å². The van der Waals surface area contributed by atoms with Crippen LogP contribution in [0.1, 0.15) is 17.3 Å². The molecule has 0 saturated heterocycles. The summed E-state index contributed by atoms with van der Waals surface area (Å²) in [5, 5.41) is -0.264. The maximum absolute atomic E-state index is 13.3. The molecule has 1 unspecified atom stereocenters. The number of carbonyl (C=O) groups is 1. The molecule has 0 bridgehead atoms. The number of pyridine rings is 1. The van der Waals surface area contributed by atoms with Crippen molar-refractivity contribution in [2.45, 2.75) is 21.7 Å². The van der Waals surface area contributed by atoms with Crippen LogP contribution < -0.4 is 4.74 Å². The monoisotopic (exact) mass is 583 g/mol. The quantitative estimate of drug-likeness (QED) is 0.129. The van der Waals surface area contributed by atoms with Gasteiger partial charge in [-0.05, 0) is 43.3 Å². The van der Waals surface area contributed by atoms with E-state index in [1.165, 1.54) is 30.9 Å². The minimum atomic E-state index is -9.92. The summed E-state index contributed by atoms with van der Waals surface area (Å²) in [5.41, 5.74) is -0.335. The van der Waals surface area contributed by atoms with Gasteiger partial charge < -0.3 is 9.29 Å². The van der Waals surface area contributed by atoms with Crippen LogP contribution in [0.5, 0.6) is 11.5 Å². The van der Waals surface area contributed by atoms with E-state index in [4.69, 9.17) is 27.9 Å². The van der Waals surface area contributed by atoms with Gasteiger partial charge in [0.2, 0.25) is 0 Å². The predicted octanol–water partition coefficient (Wildman–Crippen LogP) is 8.15. The first kappa shape index (κ1) is 26.4. The highest BCUT2D eigenvalue weighted by molar-refractivity contribution is 8.45. The lowest BCUT2D eigenvalue weighted by Crippen LogP contribution is -2.13. The van der Waals surface area contributed by atoms with E-state index >= 15 is 0 Å². The number of Topliss-reactive ketones (excluding diaryl/α,β-unsaturated/α-hetero) is 1. The summed E-state index contributed by atoms with van der Waals surface area (Å²) >= 11 is 10.5. The summed E-state index contributed by atoms with van der Waals surface area (Å²) in [7, 11) is -9.92. The smallest absolute Gasteiger partial charge is 0.310 e. The zero-order valence-corrected chi connectivity index (χ0v) is 20.9. The van der Waals surface area contributed by atoms with E-state index in [-0.39, 0.29) is 60.1 Å². The number of halogens is 7. The van der Waals surface area contributed by atoms with Crippen molar-refractivity contribution in [3.8, 4) is 11.5 Å². The molecule has 0 N–H and O–H groups in total. The van der Waals surface area contributed by atoms with Crippen LogP contribution in [0.4, 0.5) is 19.4 Å². The van der Waals surface area contributed by atoms with Gasteiger partial charge in [0.05, 0.1) is 33.3 Å². The highest BCUT2D eigenvalue weighted by Gasteiger charge is 2.65. The third-order valence-electron chi connectivity index (χ3n) is 4.73. The lowest BCUT2D eigenvalue weighted by Gasteiger charge is -2.40. The second-order valence-electron chi connectivity index (χ2n) is 7.32. The summed E-state index contributed by atoms with van der Waals surface area (Å²) in [6, 6.07) is 4.38. The van der Waals surface area contributed by atoms with E-state index in [9.17, 15) is 28.8 Å². The van der Waals surface area contributed by atoms with Gasteiger partial charge in [-0.1, -0.05) is 42.6 Å². The molecule has 2 aromatic heterocycles. The van der Waals surface area contributed by atoms with Crippen molar-refractivity contribution in [3.05, 3.63) is 70.7 Å². The summed E-state index contributed by atoms with van der Waals surface area (Å²) in [4.78, 5) is 22.5. The van der Waals surface area contributed by atoms with E-state index in [2.05, 4.69) is 15.0 Å². The van der Waals surface area contributed by atoms with Gasteiger partial charge in [-0.25, -0.2) is 9.97 Å². The molecular formula is C21H12Cl2F5N3O3S2. The normalized spacial score (nSPS) is 14.7. The van der Waals surface area contributed by atoms with E-state index < -0.39 is 32.1 Å². The van der Waals surface area contributed by atoms with Crippen molar-refractivity contribution in [2.75, 3.05) is 0 Å². The molecular weight excluding hydrogens is 572 g/mol. The third kappa shape index (κ3) is 5.20. The van der Waals surface area contributed by atoms with Crippen LogP contribution in [-0.2, 0) is 11.2 Å². The van der Waals surface area contributed by atoms with Gasteiger partial charge in [-0.3, -0.25) is 4.79 Å². The SMILES string of the molecule is CC(=O)c1c([S+]([O-])c2cncnc2)nc2c(Cl)ccc(Cl)c2c1Oc1ccc(S(F)(F)(F)(F)F)cc1. The zero-order valence-electron chi connectivity index (χ0n) is 17.7. The zero-order chi connectivity index (χ0) is 26.5. The number of fused-ring (bicyclic) bond motifs is 1. The molecule has 0 aliphatic carbocycles. The number of ether oxygens (including phenoxy) is 1. The molecule has 0 aliphatic rings. The number of ketones is 1. The van der Waals surface area contributed by atoms with Gasteiger partial charge in [0, 0.05) is 11.2 Å². The fourth-order valence-corrected chi connectivity index (χ4v) is 5.39. The van der Waals surface area contributed by atoms with Crippen LogP contribution in [0.2, 0.25) is 10.0 Å². The summed E-state index contributed by atoms with van der Waals surface area (Å²) in [5.74, 6) is -1.34. The lowest BCUT2D eigenvalue weighted by molar-refractivity contribution is 0.101. The minimum absolute atomic E-state index is 0.00315. The van der Waals surface area contributed by atoms with Crippen molar-refractivity contribution >= 4 is 61.3 Å². The van der Waals surface area contributed by atoms with Gasteiger partial charge in [-0.15, -0.1) is 0 Å². The van der Waals surface area contributed by atoms with E-state index in [0.29, 0.717) is 12.1 Å². The largest absolute Gasteiger partial charge is 0.605 e. The molecule has 0 spiro atoms. The van der Waals surface area contributed by atoms with Crippen molar-refractivity contribution in [1.82, 2.24) is 15.0 Å². The molecule has 36 heavy (non-hydrogen) atoms. The second kappa shape index (κ2) is 8.42. The first-order valence-corrected chi connectivity index (χ1v) is 13.4. The van der Waals surface area contributed by atoms with Crippen molar-refractivity contribution in [1.29, 1.82) is 0 Å². The Morgan fingerprint density at radius 2 is 1.56 bits per heavy atom. The molecule has 0 saturated carbocycles. The second-order valence-corrected chi connectivity index (χ2v) is 11.9. The number of aromatic nitrogens is 3. The van der Waals surface area contributed by atoms with E-state index in [0.717, 1.165) is 6.92 Å². The molecule has 6 nitrogen and oxygen atoms in total. The topological polar surface area (TPSA) is 88.0 Å². The summed E-state index contributed by atoms with van der Waals surface area (Å²) in [6.07, 6.45) is 3.66. The fraction of sp³-hybridized carbons (Fsp3) is 0.0476. The minimum Gasteiger partial charge on any atom is -0.605 e. The van der Waals surface area contributed by atoms with Gasteiger partial charge in [0.15, 0.2) is 16.4 Å². The standard InChI is InChI=1S/C21H12Cl2F5N3O3S2/c1-11(32)17-20(34-12-2-4-14(5-3-12)36(24,25,26,27)28)18-15(22)6-7-16(23)19(18)31-21(17)35(33)13-8-29-10-30-9-13/h2-10H,1H3. The molecule has 0 fully saturated rings. The molecule has 15 heteroatoms.